The van der Waals surface area contributed by atoms with Gasteiger partial charge in [0.2, 0.25) is 0 Å². The summed E-state index contributed by atoms with van der Waals surface area (Å²) in [7, 11) is 0. The van der Waals surface area contributed by atoms with Crippen molar-refractivity contribution in [2.75, 3.05) is 26.2 Å². The van der Waals surface area contributed by atoms with Gasteiger partial charge in [0.05, 0.1) is 4.34 Å². The smallest absolute Gasteiger partial charge is 0.314 e. The molecule has 1 N–H and O–H groups in total. The minimum absolute atomic E-state index is 0.268. The van der Waals surface area contributed by atoms with E-state index in [4.69, 9.17) is 11.6 Å². The van der Waals surface area contributed by atoms with Crippen LogP contribution in [-0.2, 0) is 0 Å². The van der Waals surface area contributed by atoms with Crippen LogP contribution in [-0.4, -0.2) is 37.3 Å². The Balaban J connectivity index is 2.24. The van der Waals surface area contributed by atoms with Gasteiger partial charge in [0.15, 0.2) is 0 Å². The van der Waals surface area contributed by atoms with Crippen molar-refractivity contribution < 1.29 is 13.2 Å². The van der Waals surface area contributed by atoms with Gasteiger partial charge >= 0.3 is 6.18 Å². The molecule has 0 aromatic carbocycles. The Morgan fingerprint density at radius 3 is 2.41 bits per heavy atom. The summed E-state index contributed by atoms with van der Waals surface area (Å²) in [6, 6.07) is 1.46. The molecule has 1 aromatic heterocycles. The van der Waals surface area contributed by atoms with Crippen LogP contribution in [0.3, 0.4) is 0 Å². The molecule has 2 nitrogen and oxygen atoms in total. The van der Waals surface area contributed by atoms with Crippen LogP contribution >= 0.6 is 22.9 Å². The first-order valence-electron chi connectivity index (χ1n) is 5.25. The van der Waals surface area contributed by atoms with Crippen molar-refractivity contribution in [1.29, 1.82) is 0 Å². The van der Waals surface area contributed by atoms with E-state index in [-0.39, 0.29) is 4.88 Å². The van der Waals surface area contributed by atoms with E-state index in [1.807, 2.05) is 0 Å². The van der Waals surface area contributed by atoms with Crippen LogP contribution in [0, 0.1) is 0 Å². The molecule has 1 fully saturated rings. The molecule has 0 amide bonds. The van der Waals surface area contributed by atoms with E-state index < -0.39 is 12.2 Å². The molecule has 7 heteroatoms. The molecule has 0 aliphatic carbocycles. The van der Waals surface area contributed by atoms with Gasteiger partial charge in [-0.3, -0.25) is 4.90 Å². The van der Waals surface area contributed by atoms with E-state index in [0.717, 1.165) is 11.3 Å². The van der Waals surface area contributed by atoms with Gasteiger partial charge in [-0.25, -0.2) is 0 Å². The first-order chi connectivity index (χ1) is 7.98. The number of hydrogen-bond acceptors (Lipinski definition) is 3. The standard InChI is InChI=1S/C10H12ClF3N2S/c11-8-2-1-7(17-8)9(10(12,13)14)16-5-3-15-4-6-16/h1-2,9,15H,3-6H2/t9-/m1/s1. The highest BCUT2D eigenvalue weighted by molar-refractivity contribution is 7.16. The second kappa shape index (κ2) is 5.14. The predicted octanol–water partition coefficient (Wildman–Crippen LogP) is 2.91. The summed E-state index contributed by atoms with van der Waals surface area (Å²) < 4.78 is 39.7. The fourth-order valence-electron chi connectivity index (χ4n) is 1.96. The third kappa shape index (κ3) is 3.13. The van der Waals surface area contributed by atoms with Gasteiger partial charge in [-0.2, -0.15) is 13.2 Å². The van der Waals surface area contributed by atoms with E-state index in [1.54, 1.807) is 0 Å². The van der Waals surface area contributed by atoms with Crippen molar-refractivity contribution >= 4 is 22.9 Å². The Bertz CT molecular complexity index is 374. The van der Waals surface area contributed by atoms with E-state index in [0.29, 0.717) is 30.5 Å². The lowest BCUT2D eigenvalue weighted by molar-refractivity contribution is -0.186. The topological polar surface area (TPSA) is 15.3 Å². The number of hydrogen-bond donors (Lipinski definition) is 1. The number of thiophene rings is 1. The molecule has 96 valence electrons. The molecular weight excluding hydrogens is 273 g/mol. The lowest BCUT2D eigenvalue weighted by atomic mass is 10.1. The zero-order chi connectivity index (χ0) is 12.5. The highest BCUT2D eigenvalue weighted by atomic mass is 35.5. The normalized spacial score (nSPS) is 20.5. The summed E-state index contributed by atoms with van der Waals surface area (Å²) in [4.78, 5) is 1.72. The van der Waals surface area contributed by atoms with Gasteiger partial charge < -0.3 is 5.32 Å². The van der Waals surface area contributed by atoms with Crippen LogP contribution in [0.25, 0.3) is 0 Å². The van der Waals surface area contributed by atoms with Crippen LogP contribution in [0.15, 0.2) is 12.1 Å². The Morgan fingerprint density at radius 2 is 1.94 bits per heavy atom. The number of nitrogens with one attached hydrogen (secondary N) is 1. The maximum atomic E-state index is 13.1. The highest BCUT2D eigenvalue weighted by Gasteiger charge is 2.45. The van der Waals surface area contributed by atoms with Crippen molar-refractivity contribution in [3.8, 4) is 0 Å². The minimum Gasteiger partial charge on any atom is -0.314 e. The highest BCUT2D eigenvalue weighted by Crippen LogP contribution is 2.41. The minimum atomic E-state index is -4.26. The largest absolute Gasteiger partial charge is 0.408 e. The molecule has 2 heterocycles. The first kappa shape index (κ1) is 13.1. The molecule has 17 heavy (non-hydrogen) atoms. The summed E-state index contributed by atoms with van der Waals surface area (Å²) >= 11 is 6.71. The van der Waals surface area contributed by atoms with Crippen molar-refractivity contribution in [3.05, 3.63) is 21.3 Å². The molecule has 0 spiro atoms. The summed E-state index contributed by atoms with van der Waals surface area (Å²) in [5.41, 5.74) is 0. The zero-order valence-electron chi connectivity index (χ0n) is 8.93. The molecule has 2 rings (SSSR count). The zero-order valence-corrected chi connectivity index (χ0v) is 10.5. The number of alkyl halides is 3. The van der Waals surface area contributed by atoms with Crippen LogP contribution < -0.4 is 5.32 Å². The maximum absolute atomic E-state index is 13.1. The molecule has 0 saturated carbocycles. The molecule has 1 aromatic rings. The van der Waals surface area contributed by atoms with E-state index in [2.05, 4.69) is 5.32 Å². The van der Waals surface area contributed by atoms with E-state index >= 15 is 0 Å². The SMILES string of the molecule is FC(F)(F)[C@@H](c1ccc(Cl)s1)N1CCNCC1. The fourth-order valence-corrected chi connectivity index (χ4v) is 3.19. The molecule has 1 atom stereocenters. The van der Waals surface area contributed by atoms with Gasteiger partial charge in [-0.05, 0) is 12.1 Å². The molecule has 0 bridgehead atoms. The second-order valence-electron chi connectivity index (χ2n) is 3.87. The Morgan fingerprint density at radius 1 is 1.29 bits per heavy atom. The summed E-state index contributed by atoms with van der Waals surface area (Å²) in [5, 5.41) is 3.05. The van der Waals surface area contributed by atoms with Crippen LogP contribution in [0.5, 0.6) is 0 Å². The van der Waals surface area contributed by atoms with Crippen LogP contribution in [0.1, 0.15) is 10.9 Å². The predicted molar refractivity (Wildman–Crippen MR) is 62.6 cm³/mol. The van der Waals surface area contributed by atoms with E-state index in [9.17, 15) is 13.2 Å². The molecule has 0 unspecified atom stereocenters. The van der Waals surface area contributed by atoms with Gasteiger partial charge in [0, 0.05) is 31.1 Å². The average molecular weight is 285 g/mol. The van der Waals surface area contributed by atoms with Crippen LogP contribution in [0.2, 0.25) is 4.34 Å². The summed E-state index contributed by atoms with van der Waals surface area (Å²) in [5.74, 6) is 0. The van der Waals surface area contributed by atoms with E-state index in [1.165, 1.54) is 17.0 Å². The number of halogens is 4. The Labute approximate surface area is 106 Å². The lowest BCUT2D eigenvalue weighted by Crippen LogP contribution is -2.48. The molecule has 1 aliphatic rings. The third-order valence-electron chi connectivity index (χ3n) is 2.69. The van der Waals surface area contributed by atoms with Crippen molar-refractivity contribution in [2.24, 2.45) is 0 Å². The number of piperazine rings is 1. The van der Waals surface area contributed by atoms with Gasteiger partial charge in [-0.1, -0.05) is 11.6 Å². The Hall–Kier alpha value is -0.300. The van der Waals surface area contributed by atoms with Crippen molar-refractivity contribution in [2.45, 2.75) is 12.2 Å². The Kier molecular flexibility index (Phi) is 3.97. The molecule has 1 saturated heterocycles. The quantitative estimate of drug-likeness (QED) is 0.898. The molecular formula is C10H12ClF3N2S. The number of rotatable bonds is 2. The second-order valence-corrected chi connectivity index (χ2v) is 5.62. The average Bonchev–Trinajstić information content (AvgIpc) is 2.64. The van der Waals surface area contributed by atoms with Gasteiger partial charge in [-0.15, -0.1) is 11.3 Å². The van der Waals surface area contributed by atoms with Gasteiger partial charge in [0.25, 0.3) is 0 Å². The van der Waals surface area contributed by atoms with Gasteiger partial charge in [0.1, 0.15) is 6.04 Å². The number of nitrogens with zero attached hydrogens (tertiary/aromatic N) is 1. The van der Waals surface area contributed by atoms with Crippen molar-refractivity contribution in [1.82, 2.24) is 10.2 Å². The summed E-state index contributed by atoms with van der Waals surface area (Å²) in [6.07, 6.45) is -4.26. The molecule has 1 aliphatic heterocycles. The molecule has 0 radical (unpaired) electrons. The maximum Gasteiger partial charge on any atom is 0.408 e. The lowest BCUT2D eigenvalue weighted by Gasteiger charge is -2.35. The summed E-state index contributed by atoms with van der Waals surface area (Å²) in [6.45, 7) is 1.98. The van der Waals surface area contributed by atoms with Crippen LogP contribution in [0.4, 0.5) is 13.2 Å². The first-order valence-corrected chi connectivity index (χ1v) is 6.44. The van der Waals surface area contributed by atoms with Crippen molar-refractivity contribution in [3.63, 3.8) is 0 Å². The third-order valence-corrected chi connectivity index (χ3v) is 3.97. The monoisotopic (exact) mass is 284 g/mol. The fraction of sp³-hybridized carbons (Fsp3) is 0.600.